The van der Waals surface area contributed by atoms with E-state index in [1.165, 1.54) is 24.8 Å². The number of aromatic amines is 1. The van der Waals surface area contributed by atoms with E-state index in [4.69, 9.17) is 33.4 Å². The first-order chi connectivity index (χ1) is 29.5. The van der Waals surface area contributed by atoms with Crippen LogP contribution in [0.25, 0.3) is 0 Å². The van der Waals surface area contributed by atoms with Crippen LogP contribution in [0.15, 0.2) is 55.1 Å². The number of benzene rings is 1. The third-order valence-corrected chi connectivity index (χ3v) is 11.0. The molecule has 4 amide bonds. The van der Waals surface area contributed by atoms with Gasteiger partial charge in [-0.25, -0.2) is 14.7 Å². The number of aliphatic hydroxyl groups is 1. The molecule has 2 aromatic heterocycles. The molecule has 0 aliphatic heterocycles. The van der Waals surface area contributed by atoms with Gasteiger partial charge in [-0.3, -0.25) is 29.0 Å². The predicted octanol–water partition coefficient (Wildman–Crippen LogP) is 1.73. The number of nitrogens with two attached hydrogens (primary N) is 5. The highest BCUT2D eigenvalue weighted by Gasteiger charge is 2.44. The number of esters is 1. The minimum atomic E-state index is -1.78. The second-order valence-electron chi connectivity index (χ2n) is 17.0. The summed E-state index contributed by atoms with van der Waals surface area (Å²) < 4.78 is 5.55. The van der Waals surface area contributed by atoms with Crippen LogP contribution in [0.4, 0.5) is 0 Å². The lowest BCUT2D eigenvalue weighted by Gasteiger charge is -2.37. The molecule has 2 heterocycles. The van der Waals surface area contributed by atoms with Gasteiger partial charge in [0.1, 0.15) is 11.3 Å². The number of aliphatic hydroxyl groups excluding tert-OH is 1. The molecule has 0 bridgehead atoms. The molecule has 1 aliphatic carbocycles. The summed E-state index contributed by atoms with van der Waals surface area (Å²) in [6.45, 7) is 4.96. The van der Waals surface area contributed by atoms with Crippen LogP contribution in [0.3, 0.4) is 0 Å². The van der Waals surface area contributed by atoms with Crippen LogP contribution in [0, 0.1) is 11.8 Å². The fourth-order valence-electron chi connectivity index (χ4n) is 7.82. The highest BCUT2D eigenvalue weighted by Crippen LogP contribution is 2.34. The van der Waals surface area contributed by atoms with Gasteiger partial charge >= 0.3 is 5.97 Å². The number of nitrogens with one attached hydrogen (secondary N) is 2. The van der Waals surface area contributed by atoms with Crippen LogP contribution in [0.2, 0.25) is 0 Å². The predicted molar refractivity (Wildman–Crippen MR) is 238 cm³/mol. The van der Waals surface area contributed by atoms with Crippen LogP contribution in [0.5, 0.6) is 0 Å². The Morgan fingerprint density at radius 3 is 2.24 bits per heavy atom. The number of carbonyl (C=O) groups is 6. The number of Topliss-reactive ketones (excluding diaryl/α,β-unsaturated/α-hetero) is 1. The maximum Gasteiger partial charge on any atom is 0.341 e. The van der Waals surface area contributed by atoms with Crippen molar-refractivity contribution in [3.63, 3.8) is 0 Å². The first-order valence-corrected chi connectivity index (χ1v) is 21.3. The third-order valence-electron chi connectivity index (χ3n) is 11.0. The molecule has 1 fully saturated rings. The Morgan fingerprint density at radius 2 is 1.63 bits per heavy atom. The van der Waals surface area contributed by atoms with Crippen LogP contribution < -0.4 is 34.0 Å². The summed E-state index contributed by atoms with van der Waals surface area (Å²) in [5.74, 6) is -7.05. The fraction of sp³-hybridized carbons (Fsp3) is 0.545. The summed E-state index contributed by atoms with van der Waals surface area (Å²) >= 11 is 0. The van der Waals surface area contributed by atoms with E-state index in [9.17, 15) is 33.9 Å². The van der Waals surface area contributed by atoms with Crippen molar-refractivity contribution < 1.29 is 38.6 Å². The van der Waals surface area contributed by atoms with E-state index >= 15 is 0 Å². The lowest BCUT2D eigenvalue weighted by atomic mass is 9.71. The van der Waals surface area contributed by atoms with Crippen molar-refractivity contribution >= 4 is 47.8 Å². The number of rotatable bonds is 21. The molecular formula is C44H65ClN10O8. The van der Waals surface area contributed by atoms with Crippen LogP contribution in [0.1, 0.15) is 116 Å². The molecule has 4 rings (SSSR count). The number of aromatic nitrogens is 3. The third kappa shape index (κ3) is 14.8. The van der Waals surface area contributed by atoms with E-state index in [0.29, 0.717) is 37.9 Å². The molecule has 0 radical (unpaired) electrons. The number of halogens is 1. The van der Waals surface area contributed by atoms with Gasteiger partial charge in [0.25, 0.3) is 11.8 Å². The Kier molecular flexibility index (Phi) is 20.6. The first kappa shape index (κ1) is 52.4. The summed E-state index contributed by atoms with van der Waals surface area (Å²) in [5.41, 5.74) is 30.6. The standard InChI is InChI=1S/C44H64N10O8.ClH/c1-44(2,3)62-43(61)36-28(23-46)17-19-51-38(36)42(60)54(41(59)30(47)16-10-11-18-45)34(56)22-33(55)37(49)35(27-14-8-5-9-15-27)39(57)32(21-29-24-50-25-52-29)53-40(58)31(48)20-26-12-6-4-7-13-26;/h4,6-7,12-13,17,19,24-25,27,30-33,35,37,55H,5,8-11,14-16,18,20-23,45-49H2,1-3H3,(H,50,52)(H,53,58);1H/t30-,31+,32+,33?,35?,37?;/m1./s1. The van der Waals surface area contributed by atoms with Gasteiger partial charge < -0.3 is 48.8 Å². The topological polar surface area (TPSA) is 319 Å². The second kappa shape index (κ2) is 24.8. The summed E-state index contributed by atoms with van der Waals surface area (Å²) in [5, 5.41) is 14.7. The molecule has 0 saturated heterocycles. The Balaban J connectivity index is 0.0000106. The van der Waals surface area contributed by atoms with Crippen molar-refractivity contribution in [2.45, 2.75) is 134 Å². The van der Waals surface area contributed by atoms with Crippen molar-refractivity contribution in [2.24, 2.45) is 40.5 Å². The van der Waals surface area contributed by atoms with Crippen LogP contribution in [-0.4, -0.2) is 103 Å². The van der Waals surface area contributed by atoms with Gasteiger partial charge in [-0.1, -0.05) is 56.0 Å². The van der Waals surface area contributed by atoms with Gasteiger partial charge in [-0.05, 0) is 82.5 Å². The lowest BCUT2D eigenvalue weighted by Crippen LogP contribution is -2.57. The van der Waals surface area contributed by atoms with Gasteiger partial charge in [0.05, 0.1) is 42.5 Å². The molecule has 3 unspecified atom stereocenters. The summed E-state index contributed by atoms with van der Waals surface area (Å²) in [4.78, 5) is 96.2. The summed E-state index contributed by atoms with van der Waals surface area (Å²) in [6, 6.07) is 5.66. The number of carbonyl (C=O) groups excluding carboxylic acids is 6. The number of amides is 4. The van der Waals surface area contributed by atoms with Gasteiger partial charge in [0, 0.05) is 43.0 Å². The molecule has 6 atom stereocenters. The van der Waals surface area contributed by atoms with Gasteiger partial charge in [0.15, 0.2) is 5.78 Å². The molecule has 18 nitrogen and oxygen atoms in total. The molecule has 13 N–H and O–H groups in total. The largest absolute Gasteiger partial charge is 0.456 e. The first-order valence-electron chi connectivity index (χ1n) is 21.3. The molecule has 3 aromatic rings. The number of hydrogen-bond donors (Lipinski definition) is 8. The number of ketones is 1. The summed E-state index contributed by atoms with van der Waals surface area (Å²) in [6.07, 6.45) is 6.31. The molecule has 0 spiro atoms. The maximum atomic E-state index is 14.9. The number of imidazole rings is 1. The highest BCUT2D eigenvalue weighted by molar-refractivity contribution is 6.19. The number of ether oxygens (including phenoxy) is 1. The van der Waals surface area contributed by atoms with Gasteiger partial charge in [0.2, 0.25) is 11.8 Å². The Bertz CT molecular complexity index is 1970. The average molecular weight is 898 g/mol. The number of imide groups is 3. The SMILES string of the molecule is CC(C)(C)OC(=O)c1c(CN)ccnc1C(=O)N(C(=O)CC(O)C(N)C(C(=O)[C@H](Cc1cnc[nH]1)NC(=O)[C@@H](N)Cc1ccccc1)C1CCCCC1)C(=O)[C@H](N)CCCCN.Cl. The van der Waals surface area contributed by atoms with Crippen molar-refractivity contribution in [3.8, 4) is 0 Å². The quantitative estimate of drug-likeness (QED) is 0.0558. The smallest absolute Gasteiger partial charge is 0.341 e. The van der Waals surface area contributed by atoms with Gasteiger partial charge in [-0.15, -0.1) is 12.4 Å². The number of nitrogens with zero attached hydrogens (tertiary/aromatic N) is 3. The molecule has 63 heavy (non-hydrogen) atoms. The van der Waals surface area contributed by atoms with E-state index in [1.54, 1.807) is 20.8 Å². The number of pyridine rings is 1. The Hall–Kier alpha value is -4.95. The van der Waals surface area contributed by atoms with E-state index in [0.717, 1.165) is 24.8 Å². The molecule has 346 valence electrons. The maximum absolute atomic E-state index is 14.9. The summed E-state index contributed by atoms with van der Waals surface area (Å²) in [7, 11) is 0. The van der Waals surface area contributed by atoms with Crippen molar-refractivity contribution in [3.05, 3.63) is 83.2 Å². The Labute approximate surface area is 374 Å². The second-order valence-corrected chi connectivity index (χ2v) is 17.0. The normalized spacial score (nSPS) is 16.0. The zero-order valence-electron chi connectivity index (χ0n) is 36.4. The fourth-order valence-corrected chi connectivity index (χ4v) is 7.82. The zero-order chi connectivity index (χ0) is 45.6. The minimum Gasteiger partial charge on any atom is -0.456 e. The number of H-pyrrole nitrogens is 1. The van der Waals surface area contributed by atoms with Crippen LogP contribution in [-0.2, 0) is 43.3 Å². The molecule has 1 aromatic carbocycles. The van der Waals surface area contributed by atoms with E-state index in [2.05, 4.69) is 20.3 Å². The lowest BCUT2D eigenvalue weighted by molar-refractivity contribution is -0.144. The van der Waals surface area contributed by atoms with E-state index in [-0.39, 0.29) is 60.2 Å². The van der Waals surface area contributed by atoms with Crippen molar-refractivity contribution in [1.29, 1.82) is 0 Å². The molecule has 1 aliphatic rings. The minimum absolute atomic E-state index is 0. The van der Waals surface area contributed by atoms with E-state index in [1.807, 2.05) is 30.3 Å². The molecular weight excluding hydrogens is 832 g/mol. The highest BCUT2D eigenvalue weighted by atomic mass is 35.5. The van der Waals surface area contributed by atoms with E-state index < -0.39 is 89.3 Å². The molecule has 1 saturated carbocycles. The average Bonchev–Trinajstić information content (AvgIpc) is 3.76. The number of hydrogen-bond acceptors (Lipinski definition) is 15. The molecule has 19 heteroatoms. The monoisotopic (exact) mass is 896 g/mol. The van der Waals surface area contributed by atoms with Crippen LogP contribution >= 0.6 is 12.4 Å². The number of unbranched alkanes of at least 4 members (excludes halogenated alkanes) is 1. The zero-order valence-corrected chi connectivity index (χ0v) is 37.2. The van der Waals surface area contributed by atoms with Gasteiger partial charge in [-0.2, -0.15) is 0 Å². The van der Waals surface area contributed by atoms with Crippen molar-refractivity contribution in [2.75, 3.05) is 6.54 Å². The van der Waals surface area contributed by atoms with Crippen molar-refractivity contribution in [1.82, 2.24) is 25.2 Å². The Morgan fingerprint density at radius 1 is 0.952 bits per heavy atom.